The molecule has 0 bridgehead atoms. The standard InChI is InChI=1S/C17H20FN3/c18-15-6-4-14(5-7-15)17(8-2-1-3-9-17)13-21-16-12-19-10-11-20-16/h4-7,10-12H,1-3,8-9,13H2,(H,20,21). The van der Waals surface area contributed by atoms with Crippen LogP contribution in [0.2, 0.25) is 0 Å². The van der Waals surface area contributed by atoms with Crippen LogP contribution in [0.5, 0.6) is 0 Å². The van der Waals surface area contributed by atoms with Gasteiger partial charge < -0.3 is 5.32 Å². The molecule has 1 aliphatic carbocycles. The molecule has 0 atom stereocenters. The average Bonchev–Trinajstić information content (AvgIpc) is 2.55. The second-order valence-electron chi connectivity index (χ2n) is 5.79. The van der Waals surface area contributed by atoms with E-state index in [0.29, 0.717) is 0 Å². The van der Waals surface area contributed by atoms with Gasteiger partial charge in [0.25, 0.3) is 0 Å². The van der Waals surface area contributed by atoms with Crippen molar-refractivity contribution in [2.45, 2.75) is 37.5 Å². The second kappa shape index (κ2) is 6.20. The van der Waals surface area contributed by atoms with Crippen LogP contribution in [0.1, 0.15) is 37.7 Å². The summed E-state index contributed by atoms with van der Waals surface area (Å²) in [6, 6.07) is 6.99. The number of hydrogen-bond donors (Lipinski definition) is 1. The summed E-state index contributed by atoms with van der Waals surface area (Å²) < 4.78 is 13.2. The highest BCUT2D eigenvalue weighted by molar-refractivity contribution is 5.35. The Balaban J connectivity index is 1.81. The fraction of sp³-hybridized carbons (Fsp3) is 0.412. The fourth-order valence-electron chi connectivity index (χ4n) is 3.25. The van der Waals surface area contributed by atoms with E-state index in [4.69, 9.17) is 0 Å². The van der Waals surface area contributed by atoms with E-state index in [0.717, 1.165) is 25.2 Å². The third kappa shape index (κ3) is 3.20. The first-order valence-electron chi connectivity index (χ1n) is 7.54. The average molecular weight is 285 g/mol. The van der Waals surface area contributed by atoms with Crippen LogP contribution in [0.15, 0.2) is 42.9 Å². The van der Waals surface area contributed by atoms with E-state index in [2.05, 4.69) is 15.3 Å². The second-order valence-corrected chi connectivity index (χ2v) is 5.79. The van der Waals surface area contributed by atoms with Crippen molar-refractivity contribution in [3.63, 3.8) is 0 Å². The molecule has 1 fully saturated rings. The predicted octanol–water partition coefficient (Wildman–Crippen LogP) is 3.93. The summed E-state index contributed by atoms with van der Waals surface area (Å²) in [4.78, 5) is 8.35. The normalized spacial score (nSPS) is 17.4. The first kappa shape index (κ1) is 14.0. The smallest absolute Gasteiger partial charge is 0.144 e. The molecule has 4 heteroatoms. The van der Waals surface area contributed by atoms with Gasteiger partial charge in [0, 0.05) is 24.4 Å². The van der Waals surface area contributed by atoms with Gasteiger partial charge in [0.2, 0.25) is 0 Å². The van der Waals surface area contributed by atoms with E-state index in [1.807, 2.05) is 12.1 Å². The van der Waals surface area contributed by atoms with Gasteiger partial charge in [0.15, 0.2) is 0 Å². The lowest BCUT2D eigenvalue weighted by Crippen LogP contribution is -2.36. The fourth-order valence-corrected chi connectivity index (χ4v) is 3.25. The molecule has 0 unspecified atom stereocenters. The number of halogens is 1. The van der Waals surface area contributed by atoms with Crippen molar-refractivity contribution in [3.05, 3.63) is 54.2 Å². The minimum Gasteiger partial charge on any atom is -0.368 e. The quantitative estimate of drug-likeness (QED) is 0.925. The maximum Gasteiger partial charge on any atom is 0.144 e. The van der Waals surface area contributed by atoms with Gasteiger partial charge in [-0.25, -0.2) is 9.37 Å². The summed E-state index contributed by atoms with van der Waals surface area (Å²) in [6.07, 6.45) is 11.1. The highest BCUT2D eigenvalue weighted by atomic mass is 19.1. The molecule has 3 rings (SSSR count). The lowest BCUT2D eigenvalue weighted by molar-refractivity contribution is 0.307. The molecule has 1 aromatic heterocycles. The Kier molecular flexibility index (Phi) is 4.13. The Hall–Kier alpha value is -1.97. The minimum atomic E-state index is -0.174. The zero-order valence-corrected chi connectivity index (χ0v) is 12.1. The largest absolute Gasteiger partial charge is 0.368 e. The van der Waals surface area contributed by atoms with Crippen LogP contribution < -0.4 is 5.32 Å². The monoisotopic (exact) mass is 285 g/mol. The van der Waals surface area contributed by atoms with Gasteiger partial charge in [-0.1, -0.05) is 31.4 Å². The Morgan fingerprint density at radius 1 is 1.05 bits per heavy atom. The molecule has 0 saturated heterocycles. The molecule has 0 spiro atoms. The molecule has 0 radical (unpaired) electrons. The Labute approximate surface area is 124 Å². The van der Waals surface area contributed by atoms with Crippen molar-refractivity contribution in [1.29, 1.82) is 0 Å². The summed E-state index contributed by atoms with van der Waals surface area (Å²) in [6.45, 7) is 0.817. The highest BCUT2D eigenvalue weighted by Gasteiger charge is 2.33. The summed E-state index contributed by atoms with van der Waals surface area (Å²) in [7, 11) is 0. The van der Waals surface area contributed by atoms with Gasteiger partial charge in [-0.3, -0.25) is 4.98 Å². The Bertz CT molecular complexity index is 562. The molecule has 1 aromatic carbocycles. The zero-order chi connectivity index (χ0) is 14.5. The van der Waals surface area contributed by atoms with E-state index < -0.39 is 0 Å². The number of benzene rings is 1. The number of nitrogens with one attached hydrogen (secondary N) is 1. The molecule has 1 saturated carbocycles. The molecule has 0 aliphatic heterocycles. The number of anilines is 1. The summed E-state index contributed by atoms with van der Waals surface area (Å²) in [5.41, 5.74) is 1.30. The van der Waals surface area contributed by atoms with Crippen LogP contribution in [0.4, 0.5) is 10.2 Å². The van der Waals surface area contributed by atoms with Crippen LogP contribution in [0, 0.1) is 5.82 Å². The summed E-state index contributed by atoms with van der Waals surface area (Å²) >= 11 is 0. The third-order valence-electron chi connectivity index (χ3n) is 4.44. The SMILES string of the molecule is Fc1ccc(C2(CNc3cnccn3)CCCCC2)cc1. The molecule has 3 nitrogen and oxygen atoms in total. The maximum absolute atomic E-state index is 13.2. The number of hydrogen-bond acceptors (Lipinski definition) is 3. The first-order valence-corrected chi connectivity index (χ1v) is 7.54. The van der Waals surface area contributed by atoms with Crippen molar-refractivity contribution >= 4 is 5.82 Å². The lowest BCUT2D eigenvalue weighted by Gasteiger charge is -2.38. The van der Waals surface area contributed by atoms with Crippen molar-refractivity contribution < 1.29 is 4.39 Å². The predicted molar refractivity (Wildman–Crippen MR) is 81.7 cm³/mol. The first-order chi connectivity index (χ1) is 10.3. The maximum atomic E-state index is 13.2. The van der Waals surface area contributed by atoms with Crippen LogP contribution in [0.25, 0.3) is 0 Å². The molecule has 2 aromatic rings. The van der Waals surface area contributed by atoms with Gasteiger partial charge in [0.1, 0.15) is 11.6 Å². The lowest BCUT2D eigenvalue weighted by atomic mass is 9.69. The van der Waals surface area contributed by atoms with Crippen molar-refractivity contribution in [1.82, 2.24) is 9.97 Å². The van der Waals surface area contributed by atoms with E-state index in [9.17, 15) is 4.39 Å². The van der Waals surface area contributed by atoms with Crippen molar-refractivity contribution in [2.75, 3.05) is 11.9 Å². The van der Waals surface area contributed by atoms with E-state index in [-0.39, 0.29) is 11.2 Å². The van der Waals surface area contributed by atoms with E-state index >= 15 is 0 Å². The van der Waals surface area contributed by atoms with E-state index in [1.54, 1.807) is 30.7 Å². The highest BCUT2D eigenvalue weighted by Crippen LogP contribution is 2.39. The number of rotatable bonds is 4. The van der Waals surface area contributed by atoms with Crippen LogP contribution in [-0.2, 0) is 5.41 Å². The molecule has 1 N–H and O–H groups in total. The summed E-state index contributed by atoms with van der Waals surface area (Å²) in [5, 5.41) is 3.40. The van der Waals surface area contributed by atoms with Crippen molar-refractivity contribution in [2.24, 2.45) is 0 Å². The van der Waals surface area contributed by atoms with Gasteiger partial charge in [0.05, 0.1) is 6.20 Å². The Morgan fingerprint density at radius 2 is 1.81 bits per heavy atom. The molecule has 0 amide bonds. The molecule has 110 valence electrons. The molecular formula is C17H20FN3. The van der Waals surface area contributed by atoms with Gasteiger partial charge in [-0.2, -0.15) is 0 Å². The van der Waals surface area contributed by atoms with Gasteiger partial charge >= 0.3 is 0 Å². The number of nitrogens with zero attached hydrogens (tertiary/aromatic N) is 2. The minimum absolute atomic E-state index is 0.0729. The molecule has 1 aliphatic rings. The van der Waals surface area contributed by atoms with Crippen LogP contribution in [0.3, 0.4) is 0 Å². The molecule has 1 heterocycles. The van der Waals surface area contributed by atoms with Crippen molar-refractivity contribution in [3.8, 4) is 0 Å². The summed E-state index contributed by atoms with van der Waals surface area (Å²) in [5.74, 6) is 0.621. The topological polar surface area (TPSA) is 37.8 Å². The Morgan fingerprint density at radius 3 is 2.48 bits per heavy atom. The van der Waals surface area contributed by atoms with Gasteiger partial charge in [-0.05, 0) is 30.5 Å². The third-order valence-corrected chi connectivity index (χ3v) is 4.44. The van der Waals surface area contributed by atoms with Crippen LogP contribution >= 0.6 is 0 Å². The van der Waals surface area contributed by atoms with E-state index in [1.165, 1.54) is 24.8 Å². The number of aromatic nitrogens is 2. The molecular weight excluding hydrogens is 265 g/mol. The van der Waals surface area contributed by atoms with Crippen LogP contribution in [-0.4, -0.2) is 16.5 Å². The zero-order valence-electron chi connectivity index (χ0n) is 12.1. The van der Waals surface area contributed by atoms with Gasteiger partial charge in [-0.15, -0.1) is 0 Å². The molecule has 21 heavy (non-hydrogen) atoms.